The van der Waals surface area contributed by atoms with Gasteiger partial charge in [0.25, 0.3) is 0 Å². The molecule has 0 saturated heterocycles. The van der Waals surface area contributed by atoms with Gasteiger partial charge in [0.2, 0.25) is 14.2 Å². The lowest BCUT2D eigenvalue weighted by molar-refractivity contribution is -0.150. The Bertz CT molecular complexity index is 170. The number of hydrogen-bond acceptors (Lipinski definition) is 5. The quantitative estimate of drug-likeness (QED) is 0.477. The molecule has 0 bridgehead atoms. The van der Waals surface area contributed by atoms with Gasteiger partial charge in [0, 0.05) is 7.11 Å². The van der Waals surface area contributed by atoms with E-state index < -0.39 is 20.2 Å². The minimum atomic E-state index is -1.37. The minimum Gasteiger partial charge on any atom is -0.464 e. The number of esters is 1. The summed E-state index contributed by atoms with van der Waals surface area (Å²) in [4.78, 5) is 11.5. The average molecular weight is 238 g/mol. The van der Waals surface area contributed by atoms with Crippen molar-refractivity contribution in [2.24, 2.45) is 0 Å². The summed E-state index contributed by atoms with van der Waals surface area (Å²) in [6.07, 6.45) is 0. The van der Waals surface area contributed by atoms with Gasteiger partial charge in [-0.05, 0) is 20.8 Å². The third kappa shape index (κ3) is 5.42. The van der Waals surface area contributed by atoms with Gasteiger partial charge in [-0.25, -0.2) is 4.79 Å². The van der Waals surface area contributed by atoms with Crippen LogP contribution in [0.1, 0.15) is 20.8 Å². The fourth-order valence-corrected chi connectivity index (χ4v) is 2.18. The second kappa shape index (κ2) is 9.04. The van der Waals surface area contributed by atoms with Gasteiger partial charge < -0.3 is 18.5 Å². The Morgan fingerprint density at radius 3 is 2.00 bits per heavy atom. The molecule has 0 heterocycles. The molecular weight excluding hydrogens is 219 g/mol. The summed E-state index contributed by atoms with van der Waals surface area (Å²) in [6.45, 7) is 6.70. The second-order valence-corrected chi connectivity index (χ2v) is 4.02. The molecule has 1 atom stereocenters. The molecule has 0 radical (unpaired) electrons. The van der Waals surface area contributed by atoms with Crippen molar-refractivity contribution in [1.82, 2.24) is 0 Å². The lowest BCUT2D eigenvalue weighted by Gasteiger charge is -2.22. The van der Waals surface area contributed by atoms with E-state index in [2.05, 4.69) is 0 Å². The molecule has 0 aromatic heterocycles. The molecule has 0 fully saturated rings. The third-order valence-corrected chi connectivity index (χ3v) is 3.25. The Morgan fingerprint density at radius 2 is 1.67 bits per heavy atom. The number of carbonyl (C=O) groups is 1. The fourth-order valence-electron chi connectivity index (χ4n) is 0.909. The van der Waals surface area contributed by atoms with E-state index in [-0.39, 0.29) is 0 Å². The van der Waals surface area contributed by atoms with E-state index in [9.17, 15) is 4.79 Å². The zero-order chi connectivity index (χ0) is 11.7. The molecule has 0 aliphatic carbocycles. The molecule has 15 heavy (non-hydrogen) atoms. The maximum atomic E-state index is 11.5. The van der Waals surface area contributed by atoms with Crippen molar-refractivity contribution in [3.8, 4) is 0 Å². The first-order chi connectivity index (χ1) is 7.21. The summed E-state index contributed by atoms with van der Waals surface area (Å²) in [5.74, 6) is -1.20. The molecule has 0 aliphatic rings. The van der Waals surface area contributed by atoms with Crippen molar-refractivity contribution >= 4 is 14.3 Å². The van der Waals surface area contributed by atoms with Crippen LogP contribution in [0.25, 0.3) is 0 Å². The number of rotatable bonds is 8. The standard InChI is InChI=1S/C9H19O5P/c1-5-12-8(10)9(11-4)15(13-6-2)14-7-3/h9H,5-7H2,1-4H3. The van der Waals surface area contributed by atoms with Crippen molar-refractivity contribution < 1.29 is 23.3 Å². The maximum Gasteiger partial charge on any atom is 0.344 e. The van der Waals surface area contributed by atoms with E-state index in [0.717, 1.165) is 0 Å². The molecule has 5 nitrogen and oxygen atoms in total. The molecular formula is C9H19O5P. The monoisotopic (exact) mass is 238 g/mol. The van der Waals surface area contributed by atoms with E-state index in [0.29, 0.717) is 19.8 Å². The zero-order valence-corrected chi connectivity index (χ0v) is 10.6. The molecule has 0 amide bonds. The Labute approximate surface area is 91.9 Å². The van der Waals surface area contributed by atoms with Crippen LogP contribution in [0, 0.1) is 0 Å². The first kappa shape index (κ1) is 14.8. The largest absolute Gasteiger partial charge is 0.464 e. The zero-order valence-electron chi connectivity index (χ0n) is 9.69. The molecule has 90 valence electrons. The first-order valence-corrected chi connectivity index (χ1v) is 6.20. The molecule has 0 rings (SSSR count). The lowest BCUT2D eigenvalue weighted by atomic mass is 10.7. The van der Waals surface area contributed by atoms with Crippen molar-refractivity contribution in [2.45, 2.75) is 26.6 Å². The Morgan fingerprint density at radius 1 is 1.13 bits per heavy atom. The van der Waals surface area contributed by atoms with Gasteiger partial charge in [-0.2, -0.15) is 0 Å². The molecule has 1 unspecified atom stereocenters. The molecule has 0 spiro atoms. The van der Waals surface area contributed by atoms with Crippen molar-refractivity contribution in [3.05, 3.63) is 0 Å². The summed E-state index contributed by atoms with van der Waals surface area (Å²) in [5, 5.41) is 0. The highest BCUT2D eigenvalue weighted by molar-refractivity contribution is 7.49. The number of carbonyl (C=O) groups excluding carboxylic acids is 1. The van der Waals surface area contributed by atoms with Crippen LogP contribution < -0.4 is 0 Å². The molecule has 0 N–H and O–H groups in total. The maximum absolute atomic E-state index is 11.5. The van der Waals surface area contributed by atoms with E-state index in [4.69, 9.17) is 18.5 Å². The molecule has 6 heteroatoms. The SMILES string of the molecule is CCOC(=O)C(OC)P(OCC)OCC. The Balaban J connectivity index is 4.35. The van der Waals surface area contributed by atoms with E-state index in [1.165, 1.54) is 7.11 Å². The summed E-state index contributed by atoms with van der Waals surface area (Å²) in [5.41, 5.74) is 0. The summed E-state index contributed by atoms with van der Waals surface area (Å²) >= 11 is 0. The summed E-state index contributed by atoms with van der Waals surface area (Å²) < 4.78 is 20.5. The van der Waals surface area contributed by atoms with Gasteiger partial charge >= 0.3 is 5.97 Å². The Kier molecular flexibility index (Phi) is 8.91. The normalized spacial score (nSPS) is 12.9. The van der Waals surface area contributed by atoms with Crippen molar-refractivity contribution in [1.29, 1.82) is 0 Å². The first-order valence-electron chi connectivity index (χ1n) is 4.95. The highest BCUT2D eigenvalue weighted by Crippen LogP contribution is 2.44. The van der Waals surface area contributed by atoms with Crippen LogP contribution in [0.4, 0.5) is 0 Å². The predicted molar refractivity (Wildman–Crippen MR) is 57.6 cm³/mol. The van der Waals surface area contributed by atoms with Crippen LogP contribution in [0.3, 0.4) is 0 Å². The van der Waals surface area contributed by atoms with Crippen LogP contribution >= 0.6 is 8.38 Å². The van der Waals surface area contributed by atoms with Crippen LogP contribution in [0.15, 0.2) is 0 Å². The number of hydrogen-bond donors (Lipinski definition) is 0. The Hall–Kier alpha value is -0.220. The molecule has 0 aliphatic heterocycles. The van der Waals surface area contributed by atoms with Crippen molar-refractivity contribution in [3.63, 3.8) is 0 Å². The second-order valence-electron chi connectivity index (χ2n) is 2.46. The van der Waals surface area contributed by atoms with Gasteiger partial charge in [0.15, 0.2) is 0 Å². The summed E-state index contributed by atoms with van der Waals surface area (Å²) in [7, 11) is 0.0673. The van der Waals surface area contributed by atoms with Crippen LogP contribution in [0.5, 0.6) is 0 Å². The number of ether oxygens (including phenoxy) is 2. The van der Waals surface area contributed by atoms with Crippen LogP contribution in [-0.2, 0) is 23.3 Å². The topological polar surface area (TPSA) is 54.0 Å². The van der Waals surface area contributed by atoms with Crippen LogP contribution in [0.2, 0.25) is 0 Å². The number of methoxy groups -OCH3 is 1. The minimum absolute atomic E-state index is 0.320. The molecule has 0 saturated carbocycles. The summed E-state index contributed by atoms with van der Waals surface area (Å²) in [6, 6.07) is 0. The molecule has 0 aromatic carbocycles. The average Bonchev–Trinajstić information content (AvgIpc) is 2.20. The lowest BCUT2D eigenvalue weighted by Crippen LogP contribution is -2.25. The van der Waals surface area contributed by atoms with Gasteiger partial charge in [0.1, 0.15) is 0 Å². The van der Waals surface area contributed by atoms with Gasteiger partial charge in [0.05, 0.1) is 19.8 Å². The van der Waals surface area contributed by atoms with Crippen LogP contribution in [-0.4, -0.2) is 38.7 Å². The molecule has 0 aromatic rings. The van der Waals surface area contributed by atoms with Gasteiger partial charge in [-0.3, -0.25) is 0 Å². The third-order valence-electron chi connectivity index (χ3n) is 1.42. The van der Waals surface area contributed by atoms with Crippen molar-refractivity contribution in [2.75, 3.05) is 26.9 Å². The predicted octanol–water partition coefficient (Wildman–Crippen LogP) is 1.91. The van der Waals surface area contributed by atoms with E-state index in [1.807, 2.05) is 13.8 Å². The smallest absolute Gasteiger partial charge is 0.344 e. The van der Waals surface area contributed by atoms with Gasteiger partial charge in [-0.1, -0.05) is 0 Å². The van der Waals surface area contributed by atoms with E-state index in [1.54, 1.807) is 6.92 Å². The highest BCUT2D eigenvalue weighted by atomic mass is 31.2. The highest BCUT2D eigenvalue weighted by Gasteiger charge is 2.31. The van der Waals surface area contributed by atoms with Gasteiger partial charge in [-0.15, -0.1) is 0 Å². The van der Waals surface area contributed by atoms with E-state index >= 15 is 0 Å². The fraction of sp³-hybridized carbons (Fsp3) is 0.889.